The Morgan fingerprint density at radius 1 is 0.889 bits per heavy atom. The van der Waals surface area contributed by atoms with E-state index in [-0.39, 0.29) is 11.5 Å². The van der Waals surface area contributed by atoms with Crippen molar-refractivity contribution in [2.24, 2.45) is 0 Å². The van der Waals surface area contributed by atoms with Gasteiger partial charge in [-0.1, -0.05) is 36.4 Å². The van der Waals surface area contributed by atoms with Crippen molar-refractivity contribution in [2.45, 2.75) is 11.5 Å². The van der Waals surface area contributed by atoms with Crippen LogP contribution in [0.1, 0.15) is 5.56 Å². The quantitative estimate of drug-likeness (QED) is 0.682. The van der Waals surface area contributed by atoms with E-state index in [0.717, 1.165) is 16.8 Å². The third-order valence-electron chi connectivity index (χ3n) is 4.24. The Morgan fingerprint density at radius 3 is 2.04 bits per heavy atom. The van der Waals surface area contributed by atoms with E-state index in [2.05, 4.69) is 4.72 Å². The highest BCUT2D eigenvalue weighted by molar-refractivity contribution is 7.92. The van der Waals surface area contributed by atoms with Gasteiger partial charge in [0, 0.05) is 25.5 Å². The molecule has 3 rings (SSSR count). The highest BCUT2D eigenvalue weighted by Gasteiger charge is 2.14. The molecule has 0 saturated heterocycles. The van der Waals surface area contributed by atoms with Gasteiger partial charge in [-0.3, -0.25) is 4.72 Å². The minimum atomic E-state index is -3.69. The first-order valence-electron chi connectivity index (χ1n) is 8.49. The molecule has 0 fully saturated rings. The van der Waals surface area contributed by atoms with Gasteiger partial charge < -0.3 is 10.0 Å². The van der Waals surface area contributed by atoms with Gasteiger partial charge in [-0.15, -0.1) is 0 Å². The molecule has 0 radical (unpaired) electrons. The SMILES string of the molecule is CN(C)c1ccc(-c2ccc(S(=O)(=O)Nc3cccc(CO)c3)cc2)cc1. The summed E-state index contributed by atoms with van der Waals surface area (Å²) in [6.07, 6.45) is 0. The van der Waals surface area contributed by atoms with E-state index in [9.17, 15) is 13.5 Å². The van der Waals surface area contributed by atoms with Crippen LogP contribution < -0.4 is 9.62 Å². The van der Waals surface area contributed by atoms with Crippen LogP contribution in [0.15, 0.2) is 77.7 Å². The summed E-state index contributed by atoms with van der Waals surface area (Å²) < 4.78 is 27.7. The highest BCUT2D eigenvalue weighted by Crippen LogP contribution is 2.25. The van der Waals surface area contributed by atoms with E-state index in [1.807, 2.05) is 43.3 Å². The molecule has 140 valence electrons. The molecule has 3 aromatic carbocycles. The molecule has 2 N–H and O–H groups in total. The van der Waals surface area contributed by atoms with Gasteiger partial charge in [-0.25, -0.2) is 8.42 Å². The first-order valence-corrected chi connectivity index (χ1v) is 9.98. The standard InChI is InChI=1S/C21H22N2O3S/c1-23(2)20-10-6-17(7-11-20)18-8-12-21(13-9-18)27(25,26)22-19-5-3-4-16(14-19)15-24/h3-14,22,24H,15H2,1-2H3. The second-order valence-electron chi connectivity index (χ2n) is 6.43. The van der Waals surface area contributed by atoms with Crippen LogP contribution in [-0.4, -0.2) is 27.6 Å². The van der Waals surface area contributed by atoms with Crippen molar-refractivity contribution < 1.29 is 13.5 Å². The van der Waals surface area contributed by atoms with Gasteiger partial charge in [0.05, 0.1) is 11.5 Å². The first-order chi connectivity index (χ1) is 12.9. The highest BCUT2D eigenvalue weighted by atomic mass is 32.2. The molecule has 0 unspecified atom stereocenters. The lowest BCUT2D eigenvalue weighted by Crippen LogP contribution is -2.13. The lowest BCUT2D eigenvalue weighted by molar-refractivity contribution is 0.282. The number of hydrogen-bond acceptors (Lipinski definition) is 4. The summed E-state index contributed by atoms with van der Waals surface area (Å²) in [5.41, 5.74) is 4.14. The molecule has 5 nitrogen and oxygen atoms in total. The fraction of sp³-hybridized carbons (Fsp3) is 0.143. The molecule has 0 aliphatic carbocycles. The molecule has 27 heavy (non-hydrogen) atoms. The van der Waals surface area contributed by atoms with Gasteiger partial charge in [0.15, 0.2) is 0 Å². The van der Waals surface area contributed by atoms with Gasteiger partial charge in [0.1, 0.15) is 0 Å². The Kier molecular flexibility index (Phi) is 5.48. The lowest BCUT2D eigenvalue weighted by atomic mass is 10.1. The number of hydrogen-bond donors (Lipinski definition) is 2. The molecule has 0 amide bonds. The third kappa shape index (κ3) is 4.48. The second kappa shape index (κ2) is 7.82. The number of aliphatic hydroxyl groups is 1. The van der Waals surface area contributed by atoms with Crippen LogP contribution in [0, 0.1) is 0 Å². The van der Waals surface area contributed by atoms with Crippen molar-refractivity contribution >= 4 is 21.4 Å². The average Bonchev–Trinajstić information content (AvgIpc) is 2.68. The largest absolute Gasteiger partial charge is 0.392 e. The van der Waals surface area contributed by atoms with Gasteiger partial charge in [0.2, 0.25) is 0 Å². The van der Waals surface area contributed by atoms with E-state index in [0.29, 0.717) is 11.3 Å². The topological polar surface area (TPSA) is 69.6 Å². The molecular weight excluding hydrogens is 360 g/mol. The molecule has 0 aliphatic rings. The van der Waals surface area contributed by atoms with Crippen LogP contribution in [0.3, 0.4) is 0 Å². The van der Waals surface area contributed by atoms with E-state index in [1.165, 1.54) is 0 Å². The van der Waals surface area contributed by atoms with Crippen LogP contribution in [0.2, 0.25) is 0 Å². The summed E-state index contributed by atoms with van der Waals surface area (Å²) >= 11 is 0. The maximum absolute atomic E-state index is 12.6. The monoisotopic (exact) mass is 382 g/mol. The van der Waals surface area contributed by atoms with Crippen molar-refractivity contribution in [3.63, 3.8) is 0 Å². The average molecular weight is 382 g/mol. The summed E-state index contributed by atoms with van der Waals surface area (Å²) in [7, 11) is 0.275. The number of benzene rings is 3. The zero-order chi connectivity index (χ0) is 19.4. The fourth-order valence-corrected chi connectivity index (χ4v) is 3.78. The van der Waals surface area contributed by atoms with E-state index < -0.39 is 10.0 Å². The maximum Gasteiger partial charge on any atom is 0.261 e. The summed E-state index contributed by atoms with van der Waals surface area (Å²) in [6.45, 7) is -0.142. The zero-order valence-electron chi connectivity index (χ0n) is 15.3. The van der Waals surface area contributed by atoms with Crippen molar-refractivity contribution in [3.8, 4) is 11.1 Å². The van der Waals surface area contributed by atoms with Crippen molar-refractivity contribution in [1.29, 1.82) is 0 Å². The molecule has 0 aromatic heterocycles. The Hall–Kier alpha value is -2.83. The van der Waals surface area contributed by atoms with Gasteiger partial charge in [-0.05, 0) is 53.1 Å². The number of nitrogens with zero attached hydrogens (tertiary/aromatic N) is 1. The summed E-state index contributed by atoms with van der Waals surface area (Å²) in [6, 6.07) is 21.5. The molecule has 6 heteroatoms. The molecule has 0 heterocycles. The smallest absolute Gasteiger partial charge is 0.261 e. The van der Waals surface area contributed by atoms with Gasteiger partial charge in [-0.2, -0.15) is 0 Å². The van der Waals surface area contributed by atoms with Crippen molar-refractivity contribution in [3.05, 3.63) is 78.4 Å². The van der Waals surface area contributed by atoms with E-state index in [1.54, 1.807) is 48.5 Å². The molecule has 0 bridgehead atoms. The minimum absolute atomic E-state index is 0.142. The first kappa shape index (κ1) is 18.9. The van der Waals surface area contributed by atoms with Crippen LogP contribution >= 0.6 is 0 Å². The normalized spacial score (nSPS) is 11.2. The second-order valence-corrected chi connectivity index (χ2v) is 8.11. The molecule has 0 saturated carbocycles. The Labute approximate surface area is 160 Å². The maximum atomic E-state index is 12.6. The Morgan fingerprint density at radius 2 is 1.48 bits per heavy atom. The summed E-state index contributed by atoms with van der Waals surface area (Å²) in [4.78, 5) is 2.21. The van der Waals surface area contributed by atoms with Gasteiger partial charge in [0.25, 0.3) is 10.0 Å². The molecular formula is C21H22N2O3S. The van der Waals surface area contributed by atoms with E-state index in [4.69, 9.17) is 0 Å². The zero-order valence-corrected chi connectivity index (χ0v) is 16.1. The Balaban J connectivity index is 1.81. The third-order valence-corrected chi connectivity index (χ3v) is 5.64. The van der Waals surface area contributed by atoms with E-state index >= 15 is 0 Å². The van der Waals surface area contributed by atoms with Gasteiger partial charge >= 0.3 is 0 Å². The predicted molar refractivity (Wildman–Crippen MR) is 109 cm³/mol. The van der Waals surface area contributed by atoms with Crippen LogP contribution in [0.5, 0.6) is 0 Å². The Bertz CT molecular complexity index is 1010. The number of anilines is 2. The molecule has 0 atom stereocenters. The van der Waals surface area contributed by atoms with Crippen LogP contribution in [-0.2, 0) is 16.6 Å². The number of nitrogens with one attached hydrogen (secondary N) is 1. The summed E-state index contributed by atoms with van der Waals surface area (Å²) in [5.74, 6) is 0. The fourth-order valence-electron chi connectivity index (χ4n) is 2.73. The summed E-state index contributed by atoms with van der Waals surface area (Å²) in [5, 5.41) is 9.18. The van der Waals surface area contributed by atoms with Crippen molar-refractivity contribution in [2.75, 3.05) is 23.7 Å². The number of aliphatic hydroxyl groups excluding tert-OH is 1. The molecule has 0 spiro atoms. The van der Waals surface area contributed by atoms with Crippen LogP contribution in [0.4, 0.5) is 11.4 Å². The number of rotatable bonds is 6. The molecule has 0 aliphatic heterocycles. The minimum Gasteiger partial charge on any atom is -0.392 e. The lowest BCUT2D eigenvalue weighted by Gasteiger charge is -2.13. The van der Waals surface area contributed by atoms with Crippen LogP contribution in [0.25, 0.3) is 11.1 Å². The molecule has 3 aromatic rings. The predicted octanol–water partition coefficient (Wildman–Crippen LogP) is 3.71. The van der Waals surface area contributed by atoms with Crippen molar-refractivity contribution in [1.82, 2.24) is 0 Å². The number of sulfonamides is 1.